The van der Waals surface area contributed by atoms with Crippen molar-refractivity contribution in [3.8, 4) is 0 Å². The van der Waals surface area contributed by atoms with Crippen molar-refractivity contribution in [2.75, 3.05) is 5.32 Å². The third-order valence-electron chi connectivity index (χ3n) is 4.81. The van der Waals surface area contributed by atoms with Crippen LogP contribution < -0.4 is 16.2 Å². The Labute approximate surface area is 177 Å². The topological polar surface area (TPSA) is 159 Å². The highest BCUT2D eigenvalue weighted by atomic mass is 32.2. The van der Waals surface area contributed by atoms with E-state index in [0.717, 1.165) is 35.8 Å². The number of carbonyl (C=O) groups excluding carboxylic acids is 3. The van der Waals surface area contributed by atoms with Gasteiger partial charge in [-0.2, -0.15) is 0 Å². The van der Waals surface area contributed by atoms with Gasteiger partial charge in [0.1, 0.15) is 5.00 Å². The van der Waals surface area contributed by atoms with Gasteiger partial charge in [0.25, 0.3) is 11.8 Å². The zero-order valence-electron chi connectivity index (χ0n) is 16.4. The molecule has 2 aromatic rings. The third kappa shape index (κ3) is 4.37. The van der Waals surface area contributed by atoms with Crippen molar-refractivity contribution in [1.29, 1.82) is 0 Å². The first-order valence-corrected chi connectivity index (χ1v) is 11.4. The maximum absolute atomic E-state index is 12.5. The molecule has 1 aromatic heterocycles. The summed E-state index contributed by atoms with van der Waals surface area (Å²) in [6.07, 6.45) is 1.28. The van der Waals surface area contributed by atoms with Crippen LogP contribution in [0.2, 0.25) is 0 Å². The molecule has 9 nitrogen and oxygen atoms in total. The van der Waals surface area contributed by atoms with Crippen LogP contribution in [0.3, 0.4) is 0 Å². The van der Waals surface area contributed by atoms with Crippen LogP contribution in [0.25, 0.3) is 0 Å². The molecule has 1 aliphatic carbocycles. The van der Waals surface area contributed by atoms with Crippen LogP contribution in [0, 0.1) is 6.92 Å². The van der Waals surface area contributed by atoms with E-state index in [1.165, 1.54) is 30.4 Å². The van der Waals surface area contributed by atoms with Crippen LogP contribution >= 0.6 is 11.3 Å². The zero-order valence-corrected chi connectivity index (χ0v) is 18.0. The minimum Gasteiger partial charge on any atom is -0.449 e. The Morgan fingerprint density at radius 3 is 2.57 bits per heavy atom. The molecule has 160 valence electrons. The summed E-state index contributed by atoms with van der Waals surface area (Å²) in [6.45, 7) is 2.97. The van der Waals surface area contributed by atoms with E-state index in [-0.39, 0.29) is 10.5 Å². The van der Waals surface area contributed by atoms with Crippen molar-refractivity contribution in [2.24, 2.45) is 10.9 Å². The monoisotopic (exact) mass is 451 g/mol. The summed E-state index contributed by atoms with van der Waals surface area (Å²) in [6, 6.07) is 3.80. The molecular formula is C19H21N3O6S2. The first-order chi connectivity index (χ1) is 14.0. The van der Waals surface area contributed by atoms with E-state index in [1.54, 1.807) is 6.92 Å². The molecule has 0 bridgehead atoms. The van der Waals surface area contributed by atoms with Crippen LogP contribution in [0.5, 0.6) is 0 Å². The molecule has 5 N–H and O–H groups in total. The molecule has 2 amide bonds. The van der Waals surface area contributed by atoms with Gasteiger partial charge in [-0.05, 0) is 56.4 Å². The van der Waals surface area contributed by atoms with Crippen LogP contribution in [-0.2, 0) is 32.4 Å². The maximum Gasteiger partial charge on any atom is 0.339 e. The third-order valence-corrected chi connectivity index (χ3v) is 6.93. The smallest absolute Gasteiger partial charge is 0.339 e. The largest absolute Gasteiger partial charge is 0.449 e. The number of ether oxygens (including phenoxy) is 1. The molecule has 0 saturated carbocycles. The predicted molar refractivity (Wildman–Crippen MR) is 111 cm³/mol. The lowest BCUT2D eigenvalue weighted by atomic mass is 10.1. The highest BCUT2D eigenvalue weighted by Crippen LogP contribution is 2.38. The Morgan fingerprint density at radius 1 is 1.23 bits per heavy atom. The standard InChI is InChI=1S/C19H21N3O6S2/c1-9-6-7-11(30(21,26)27)8-13(9)19(25)28-10(2)17(24)22-18-15(16(20)23)12-4-3-5-14(12)29-18/h6-8,10H,3-5H2,1-2H3,(H2,20,23)(H,22,24)(H2,21,26,27). The van der Waals surface area contributed by atoms with E-state index < -0.39 is 33.9 Å². The van der Waals surface area contributed by atoms with E-state index in [1.807, 2.05) is 0 Å². The number of nitrogens with one attached hydrogen (secondary N) is 1. The lowest BCUT2D eigenvalue weighted by Crippen LogP contribution is -2.30. The van der Waals surface area contributed by atoms with Gasteiger partial charge in [0.2, 0.25) is 10.0 Å². The van der Waals surface area contributed by atoms with Crippen molar-refractivity contribution in [3.05, 3.63) is 45.3 Å². The summed E-state index contributed by atoms with van der Waals surface area (Å²) >= 11 is 1.29. The average Bonchev–Trinajstić information content (AvgIpc) is 3.21. The number of hydrogen-bond acceptors (Lipinski definition) is 7. The molecule has 1 heterocycles. The van der Waals surface area contributed by atoms with Gasteiger partial charge < -0.3 is 15.8 Å². The molecule has 11 heteroatoms. The molecule has 3 rings (SSSR count). The summed E-state index contributed by atoms with van der Waals surface area (Å²) in [5, 5.41) is 8.05. The molecule has 0 saturated heterocycles. The Kier molecular flexibility index (Phi) is 5.97. The van der Waals surface area contributed by atoms with E-state index >= 15 is 0 Å². The molecule has 1 atom stereocenters. The SMILES string of the molecule is Cc1ccc(S(N)(=O)=O)cc1C(=O)OC(C)C(=O)Nc1sc2c(c1C(N)=O)CCC2. The molecule has 1 unspecified atom stereocenters. The second-order valence-corrected chi connectivity index (χ2v) is 9.65. The van der Waals surface area contributed by atoms with Gasteiger partial charge in [0.05, 0.1) is 16.0 Å². The molecule has 0 radical (unpaired) electrons. The van der Waals surface area contributed by atoms with E-state index in [2.05, 4.69) is 5.32 Å². The van der Waals surface area contributed by atoms with E-state index in [4.69, 9.17) is 15.6 Å². The van der Waals surface area contributed by atoms with Crippen molar-refractivity contribution in [3.63, 3.8) is 0 Å². The number of fused-ring (bicyclic) bond motifs is 1. The summed E-state index contributed by atoms with van der Waals surface area (Å²) < 4.78 is 28.2. The van der Waals surface area contributed by atoms with Crippen molar-refractivity contribution >= 4 is 44.1 Å². The predicted octanol–water partition coefficient (Wildman–Crippen LogP) is 1.48. The summed E-state index contributed by atoms with van der Waals surface area (Å²) in [4.78, 5) is 37.6. The number of thiophene rings is 1. The number of hydrogen-bond donors (Lipinski definition) is 3. The number of nitrogens with two attached hydrogens (primary N) is 2. The van der Waals surface area contributed by atoms with Gasteiger partial charge in [0.15, 0.2) is 6.10 Å². The Hall–Kier alpha value is -2.76. The second kappa shape index (κ2) is 8.17. The minimum absolute atomic E-state index is 0.0194. The minimum atomic E-state index is -4.00. The van der Waals surface area contributed by atoms with Gasteiger partial charge in [-0.3, -0.25) is 9.59 Å². The molecule has 1 aliphatic rings. The molecular weight excluding hydrogens is 430 g/mol. The average molecular weight is 452 g/mol. The molecule has 0 fully saturated rings. The fourth-order valence-corrected chi connectivity index (χ4v) is 5.08. The van der Waals surface area contributed by atoms with E-state index in [9.17, 15) is 22.8 Å². The van der Waals surface area contributed by atoms with Gasteiger partial charge in [-0.1, -0.05) is 6.07 Å². The number of primary amides is 1. The van der Waals surface area contributed by atoms with Gasteiger partial charge in [0, 0.05) is 4.88 Å². The van der Waals surface area contributed by atoms with E-state index in [0.29, 0.717) is 16.1 Å². The lowest BCUT2D eigenvalue weighted by molar-refractivity contribution is -0.123. The highest BCUT2D eigenvalue weighted by molar-refractivity contribution is 7.89. The summed E-state index contributed by atoms with van der Waals surface area (Å²) in [5.41, 5.74) is 7.09. The normalized spacial score (nSPS) is 14.1. The number of rotatable bonds is 6. The number of primary sulfonamides is 1. The van der Waals surface area contributed by atoms with Crippen LogP contribution in [0.1, 0.15) is 50.1 Å². The van der Waals surface area contributed by atoms with Crippen LogP contribution in [0.4, 0.5) is 5.00 Å². The Bertz CT molecular complexity index is 1150. The van der Waals surface area contributed by atoms with Crippen molar-refractivity contribution in [2.45, 2.75) is 44.1 Å². The number of aryl methyl sites for hydroxylation is 2. The summed E-state index contributed by atoms with van der Waals surface area (Å²) in [5.74, 6) is -2.12. The number of anilines is 1. The molecule has 0 spiro atoms. The lowest BCUT2D eigenvalue weighted by Gasteiger charge is -2.15. The number of amides is 2. The number of carbonyl (C=O) groups is 3. The number of esters is 1. The fourth-order valence-electron chi connectivity index (χ4n) is 3.24. The first kappa shape index (κ1) is 21.9. The van der Waals surface area contributed by atoms with Crippen LogP contribution in [0.15, 0.2) is 23.1 Å². The fraction of sp³-hybridized carbons (Fsp3) is 0.316. The highest BCUT2D eigenvalue weighted by Gasteiger charge is 2.28. The molecule has 30 heavy (non-hydrogen) atoms. The first-order valence-electron chi connectivity index (χ1n) is 9.08. The maximum atomic E-state index is 12.5. The Morgan fingerprint density at radius 2 is 1.93 bits per heavy atom. The quantitative estimate of drug-likeness (QED) is 0.564. The molecule has 0 aliphatic heterocycles. The zero-order chi connectivity index (χ0) is 22.2. The Balaban J connectivity index is 1.76. The van der Waals surface area contributed by atoms with Gasteiger partial charge >= 0.3 is 5.97 Å². The molecule has 1 aromatic carbocycles. The van der Waals surface area contributed by atoms with Gasteiger partial charge in [-0.25, -0.2) is 18.4 Å². The van der Waals surface area contributed by atoms with Crippen molar-refractivity contribution in [1.82, 2.24) is 0 Å². The van der Waals surface area contributed by atoms with Gasteiger partial charge in [-0.15, -0.1) is 11.3 Å². The summed E-state index contributed by atoms with van der Waals surface area (Å²) in [7, 11) is -4.00. The number of benzene rings is 1. The number of sulfonamides is 1. The van der Waals surface area contributed by atoms with Crippen molar-refractivity contribution < 1.29 is 27.5 Å². The van der Waals surface area contributed by atoms with Crippen LogP contribution in [-0.4, -0.2) is 32.3 Å². The second-order valence-electron chi connectivity index (χ2n) is 6.98.